The van der Waals surface area contributed by atoms with Gasteiger partial charge < -0.3 is 10.5 Å². The van der Waals surface area contributed by atoms with Crippen molar-refractivity contribution in [1.29, 1.82) is 0 Å². The van der Waals surface area contributed by atoms with Crippen molar-refractivity contribution in [3.8, 4) is 0 Å². The lowest BCUT2D eigenvalue weighted by atomic mass is 9.93. The summed E-state index contributed by atoms with van der Waals surface area (Å²) in [4.78, 5) is 4.60. The van der Waals surface area contributed by atoms with Crippen LogP contribution in [0.4, 0.5) is 0 Å². The van der Waals surface area contributed by atoms with E-state index < -0.39 is 0 Å². The molecule has 0 spiro atoms. The summed E-state index contributed by atoms with van der Waals surface area (Å²) >= 11 is 0. The number of amidine groups is 1. The van der Waals surface area contributed by atoms with E-state index in [2.05, 4.69) is 32.7 Å². The largest absolute Gasteiger partial charge is 0.387 e. The first-order valence-electron chi connectivity index (χ1n) is 5.33. The third kappa shape index (κ3) is 2.98. The number of ether oxygens (including phenoxy) is 1. The first kappa shape index (κ1) is 11.5. The molecule has 14 heavy (non-hydrogen) atoms. The van der Waals surface area contributed by atoms with Crippen LogP contribution in [0.3, 0.4) is 0 Å². The number of hydrogen-bond acceptors (Lipinski definition) is 2. The molecule has 0 amide bonds. The predicted molar refractivity (Wildman–Crippen MR) is 59.5 cm³/mol. The maximum Gasteiger partial charge on any atom is 0.0994 e. The van der Waals surface area contributed by atoms with Gasteiger partial charge in [0.05, 0.1) is 18.5 Å². The summed E-state index contributed by atoms with van der Waals surface area (Å²) in [5.41, 5.74) is 5.94. The fraction of sp³-hybridized carbons (Fsp3) is 0.909. The Balaban J connectivity index is 2.65. The predicted octanol–water partition coefficient (Wildman–Crippen LogP) is 1.81. The second-order valence-electron chi connectivity index (χ2n) is 5.17. The van der Waals surface area contributed by atoms with E-state index in [0.717, 1.165) is 25.5 Å². The lowest BCUT2D eigenvalue weighted by Gasteiger charge is -2.28. The van der Waals surface area contributed by atoms with Crippen LogP contribution in [-0.2, 0) is 4.74 Å². The number of aliphatic imine (C=N–C) groups is 1. The molecule has 1 saturated heterocycles. The van der Waals surface area contributed by atoms with Crippen molar-refractivity contribution in [2.45, 2.75) is 40.2 Å². The van der Waals surface area contributed by atoms with Crippen LogP contribution < -0.4 is 5.73 Å². The molecule has 1 fully saturated rings. The third-order valence-electron chi connectivity index (χ3n) is 2.67. The number of nitrogens with two attached hydrogens (primary N) is 1. The fourth-order valence-electron chi connectivity index (χ4n) is 1.43. The first-order chi connectivity index (χ1) is 6.41. The van der Waals surface area contributed by atoms with E-state index in [1.807, 2.05) is 0 Å². The molecule has 0 aromatic carbocycles. The summed E-state index contributed by atoms with van der Waals surface area (Å²) in [6.45, 7) is 10.1. The molecule has 1 heterocycles. The van der Waals surface area contributed by atoms with E-state index in [9.17, 15) is 0 Å². The minimum Gasteiger partial charge on any atom is -0.387 e. The van der Waals surface area contributed by atoms with Crippen LogP contribution in [0.2, 0.25) is 0 Å². The Morgan fingerprint density at radius 1 is 1.43 bits per heavy atom. The molecule has 0 aromatic rings. The van der Waals surface area contributed by atoms with Gasteiger partial charge in [-0.2, -0.15) is 0 Å². The molecule has 2 unspecified atom stereocenters. The van der Waals surface area contributed by atoms with Gasteiger partial charge in [-0.1, -0.05) is 27.7 Å². The molecular formula is C11H22N2O. The normalized spacial score (nSPS) is 30.4. The molecular weight excluding hydrogens is 176 g/mol. The maximum absolute atomic E-state index is 5.95. The molecule has 1 aliphatic rings. The molecule has 1 rings (SSSR count). The van der Waals surface area contributed by atoms with E-state index in [1.165, 1.54) is 0 Å². The van der Waals surface area contributed by atoms with Crippen molar-refractivity contribution in [2.75, 3.05) is 13.2 Å². The second-order valence-corrected chi connectivity index (χ2v) is 5.17. The summed E-state index contributed by atoms with van der Waals surface area (Å²) in [7, 11) is 0. The van der Waals surface area contributed by atoms with Crippen LogP contribution in [-0.4, -0.2) is 25.1 Å². The highest BCUT2D eigenvalue weighted by atomic mass is 16.5. The van der Waals surface area contributed by atoms with Crippen molar-refractivity contribution < 1.29 is 4.74 Å². The van der Waals surface area contributed by atoms with Crippen LogP contribution in [0.25, 0.3) is 0 Å². The van der Waals surface area contributed by atoms with Crippen molar-refractivity contribution in [3.63, 3.8) is 0 Å². The van der Waals surface area contributed by atoms with Gasteiger partial charge in [0, 0.05) is 17.9 Å². The standard InChI is InChI=1S/C11H22N2O/c1-8-7-14-6-5-9(8)13-10(12)11(2,3)4/h8-9H,5-7H2,1-4H3,(H2,12,13). The number of hydrogen-bond donors (Lipinski definition) is 1. The molecule has 1 aliphatic heterocycles. The van der Waals surface area contributed by atoms with Gasteiger partial charge in [0.25, 0.3) is 0 Å². The van der Waals surface area contributed by atoms with E-state index >= 15 is 0 Å². The summed E-state index contributed by atoms with van der Waals surface area (Å²) < 4.78 is 5.37. The Labute approximate surface area is 86.7 Å². The van der Waals surface area contributed by atoms with Gasteiger partial charge in [-0.25, -0.2) is 0 Å². The Morgan fingerprint density at radius 2 is 2.07 bits per heavy atom. The fourth-order valence-corrected chi connectivity index (χ4v) is 1.43. The average Bonchev–Trinajstić information content (AvgIpc) is 2.07. The van der Waals surface area contributed by atoms with Crippen molar-refractivity contribution >= 4 is 5.84 Å². The second kappa shape index (κ2) is 4.30. The zero-order chi connectivity index (χ0) is 10.8. The SMILES string of the molecule is CC1COCCC1N=C(N)C(C)(C)C. The van der Waals surface area contributed by atoms with E-state index in [4.69, 9.17) is 10.5 Å². The van der Waals surface area contributed by atoms with Crippen LogP contribution in [0.15, 0.2) is 4.99 Å². The third-order valence-corrected chi connectivity index (χ3v) is 2.67. The molecule has 82 valence electrons. The first-order valence-corrected chi connectivity index (χ1v) is 5.33. The summed E-state index contributed by atoms with van der Waals surface area (Å²) in [6, 6.07) is 0.350. The van der Waals surface area contributed by atoms with Gasteiger partial charge in [0.15, 0.2) is 0 Å². The van der Waals surface area contributed by atoms with Gasteiger partial charge in [0.2, 0.25) is 0 Å². The van der Waals surface area contributed by atoms with Crippen LogP contribution in [0, 0.1) is 11.3 Å². The van der Waals surface area contributed by atoms with E-state index in [1.54, 1.807) is 0 Å². The van der Waals surface area contributed by atoms with E-state index in [-0.39, 0.29) is 5.41 Å². The lowest BCUT2D eigenvalue weighted by molar-refractivity contribution is 0.0494. The van der Waals surface area contributed by atoms with Gasteiger partial charge in [-0.05, 0) is 6.42 Å². The van der Waals surface area contributed by atoms with Crippen LogP contribution >= 0.6 is 0 Å². The quantitative estimate of drug-likeness (QED) is 0.516. The molecule has 2 atom stereocenters. The smallest absolute Gasteiger partial charge is 0.0994 e. The highest BCUT2D eigenvalue weighted by Gasteiger charge is 2.24. The van der Waals surface area contributed by atoms with Crippen molar-refractivity contribution in [3.05, 3.63) is 0 Å². The lowest BCUT2D eigenvalue weighted by Crippen LogP contribution is -2.35. The zero-order valence-corrected chi connectivity index (χ0v) is 9.71. The molecule has 0 aromatic heterocycles. The molecule has 2 N–H and O–H groups in total. The molecule has 0 aliphatic carbocycles. The van der Waals surface area contributed by atoms with Crippen molar-refractivity contribution in [2.24, 2.45) is 22.1 Å². The molecule has 3 heteroatoms. The molecule has 0 bridgehead atoms. The molecule has 0 radical (unpaired) electrons. The Morgan fingerprint density at radius 3 is 2.57 bits per heavy atom. The monoisotopic (exact) mass is 198 g/mol. The summed E-state index contributed by atoms with van der Waals surface area (Å²) in [5, 5.41) is 0. The van der Waals surface area contributed by atoms with Crippen molar-refractivity contribution in [1.82, 2.24) is 0 Å². The van der Waals surface area contributed by atoms with Gasteiger partial charge in [-0.3, -0.25) is 4.99 Å². The van der Waals surface area contributed by atoms with Crippen LogP contribution in [0.5, 0.6) is 0 Å². The van der Waals surface area contributed by atoms with Gasteiger partial charge >= 0.3 is 0 Å². The Kier molecular flexibility index (Phi) is 3.53. The van der Waals surface area contributed by atoms with Gasteiger partial charge in [0.1, 0.15) is 0 Å². The molecule has 3 nitrogen and oxygen atoms in total. The molecule has 0 saturated carbocycles. The highest BCUT2D eigenvalue weighted by Crippen LogP contribution is 2.20. The Hall–Kier alpha value is -0.570. The Bertz CT molecular complexity index is 218. The maximum atomic E-state index is 5.95. The summed E-state index contributed by atoms with van der Waals surface area (Å²) in [5.74, 6) is 1.25. The number of rotatable bonds is 1. The minimum atomic E-state index is -0.0158. The summed E-state index contributed by atoms with van der Waals surface area (Å²) in [6.07, 6.45) is 0.998. The van der Waals surface area contributed by atoms with Crippen LogP contribution in [0.1, 0.15) is 34.1 Å². The highest BCUT2D eigenvalue weighted by molar-refractivity contribution is 5.85. The topological polar surface area (TPSA) is 47.6 Å². The minimum absolute atomic E-state index is 0.0158. The van der Waals surface area contributed by atoms with Gasteiger partial charge in [-0.15, -0.1) is 0 Å². The van der Waals surface area contributed by atoms with E-state index in [0.29, 0.717) is 12.0 Å². The number of nitrogens with zero attached hydrogens (tertiary/aromatic N) is 1. The zero-order valence-electron chi connectivity index (χ0n) is 9.71. The average molecular weight is 198 g/mol.